The lowest BCUT2D eigenvalue weighted by Crippen LogP contribution is -2.52. The maximum atomic E-state index is 13.4. The highest BCUT2D eigenvalue weighted by molar-refractivity contribution is 6.78. The number of nitrogens with zero attached hydrogens (tertiary/aromatic N) is 1. The predicted molar refractivity (Wildman–Crippen MR) is 153 cm³/mol. The van der Waals surface area contributed by atoms with Gasteiger partial charge >= 0.3 is 0 Å². The normalized spacial score (nSPS) is 22.1. The van der Waals surface area contributed by atoms with E-state index in [9.17, 15) is 14.6 Å². The highest BCUT2D eigenvalue weighted by Gasteiger charge is 2.48. The van der Waals surface area contributed by atoms with Crippen LogP contribution in [-0.4, -0.2) is 49.2 Å². The number of hydrogen-bond acceptors (Lipinski definition) is 5. The number of fused-ring (bicyclic) bond motifs is 1. The summed E-state index contributed by atoms with van der Waals surface area (Å²) in [5, 5.41) is 22.8. The van der Waals surface area contributed by atoms with Crippen molar-refractivity contribution in [2.75, 3.05) is 19.7 Å². The zero-order valence-corrected chi connectivity index (χ0v) is 25.3. The van der Waals surface area contributed by atoms with Gasteiger partial charge in [-0.3, -0.25) is 4.90 Å². The molecular weight excluding hydrogens is 497 g/mol. The molecule has 2 aliphatic rings. The molecule has 0 spiro atoms. The second-order valence-electron chi connectivity index (χ2n) is 12.4. The van der Waals surface area contributed by atoms with Crippen molar-refractivity contribution in [3.8, 4) is 11.5 Å². The van der Waals surface area contributed by atoms with E-state index < -0.39 is 20.0 Å². The molecule has 1 saturated heterocycles. The number of piperidine rings is 1. The van der Waals surface area contributed by atoms with Crippen LogP contribution >= 0.6 is 0 Å². The highest BCUT2D eigenvalue weighted by atomic mass is 28.4. The van der Waals surface area contributed by atoms with Gasteiger partial charge in [0, 0.05) is 24.2 Å². The van der Waals surface area contributed by atoms with E-state index in [0.29, 0.717) is 49.2 Å². The van der Waals surface area contributed by atoms with Gasteiger partial charge in [-0.2, -0.15) is 0 Å². The van der Waals surface area contributed by atoms with Crippen molar-refractivity contribution in [3.05, 3.63) is 58.4 Å². The summed E-state index contributed by atoms with van der Waals surface area (Å²) in [5.41, 5.74) is 3.96. The fourth-order valence-corrected chi connectivity index (χ4v) is 12.5. The van der Waals surface area contributed by atoms with Crippen LogP contribution < -0.4 is 9.16 Å². The Balaban J connectivity index is 1.55. The third-order valence-electron chi connectivity index (χ3n) is 9.22. The molecule has 0 unspecified atom stereocenters. The third kappa shape index (κ3) is 5.03. The molecule has 0 bridgehead atoms. The number of aryl methyl sites for hydroxylation is 1. The van der Waals surface area contributed by atoms with E-state index in [0.717, 1.165) is 33.8 Å². The molecule has 210 valence electrons. The number of aliphatic hydroxyl groups excluding tert-OH is 1. The average Bonchev–Trinajstić information content (AvgIpc) is 2.85. The van der Waals surface area contributed by atoms with Crippen molar-refractivity contribution >= 4 is 8.32 Å². The number of ether oxygens (including phenoxy) is 1. The Bertz CT molecular complexity index is 1100. The maximum absolute atomic E-state index is 13.4. The summed E-state index contributed by atoms with van der Waals surface area (Å²) in [4.78, 5) is 2.22. The number of hydrogen-bond donors (Lipinski definition) is 2. The molecule has 5 nitrogen and oxygen atoms in total. The molecule has 2 N–H and O–H groups in total. The fraction of sp³-hybridized carbons (Fsp3) is 0.613. The summed E-state index contributed by atoms with van der Waals surface area (Å²) in [6, 6.07) is 7.98. The lowest BCUT2D eigenvalue weighted by molar-refractivity contribution is -0.0666. The van der Waals surface area contributed by atoms with E-state index in [1.807, 2.05) is 6.07 Å². The van der Waals surface area contributed by atoms with Crippen LogP contribution in [0, 0.1) is 19.7 Å². The zero-order valence-electron chi connectivity index (χ0n) is 24.3. The van der Waals surface area contributed by atoms with Gasteiger partial charge < -0.3 is 19.4 Å². The van der Waals surface area contributed by atoms with Gasteiger partial charge in [0.25, 0.3) is 8.32 Å². The van der Waals surface area contributed by atoms with Crippen LogP contribution in [0.5, 0.6) is 11.5 Å². The topological polar surface area (TPSA) is 62.2 Å². The van der Waals surface area contributed by atoms with Gasteiger partial charge in [0.15, 0.2) is 0 Å². The van der Waals surface area contributed by atoms with Crippen LogP contribution in [0.1, 0.15) is 82.7 Å². The third-order valence-corrected chi connectivity index (χ3v) is 15.2. The lowest BCUT2D eigenvalue weighted by atomic mass is 9.83. The molecule has 4 rings (SSSR count). The van der Waals surface area contributed by atoms with Gasteiger partial charge in [-0.05, 0) is 72.6 Å². The molecule has 0 amide bonds. The SMILES string of the molecule is Cc1cc2c(c(C)c1O[Si](C(C)C)(C(C)C)C(C)C)OC[C@@H](N1CCC(O)(c3ccc(F)cc3)CC1)[C@H]2O. The van der Waals surface area contributed by atoms with Crippen LogP contribution in [0.2, 0.25) is 16.6 Å². The van der Waals surface area contributed by atoms with Crippen molar-refractivity contribution in [1.29, 1.82) is 0 Å². The van der Waals surface area contributed by atoms with Crippen molar-refractivity contribution in [2.45, 2.75) is 103 Å². The van der Waals surface area contributed by atoms with Gasteiger partial charge in [0.1, 0.15) is 30.0 Å². The molecule has 0 saturated carbocycles. The Morgan fingerprint density at radius 1 is 1.00 bits per heavy atom. The standard InChI is InChI=1S/C31H46FNO4Si/c1-19(2)38(20(3)4,21(5)6)37-29-22(7)17-26-28(34)27(18-36-30(26)23(29)8)33-15-13-31(35,14-16-33)24-9-11-25(32)12-10-24/h9-12,17,19-21,27-28,34-35H,13-16,18H2,1-8H3/t27-,28+/m1/s1. The van der Waals surface area contributed by atoms with Crippen molar-refractivity contribution < 1.29 is 23.8 Å². The number of aliphatic hydroxyl groups is 2. The van der Waals surface area contributed by atoms with Gasteiger partial charge in [0.05, 0.1) is 11.6 Å². The Kier molecular flexibility index (Phi) is 8.35. The Morgan fingerprint density at radius 2 is 1.55 bits per heavy atom. The molecule has 7 heteroatoms. The first-order chi connectivity index (χ1) is 17.8. The Labute approximate surface area is 229 Å². The molecule has 0 radical (unpaired) electrons. The van der Waals surface area contributed by atoms with E-state index in [2.05, 4.69) is 60.3 Å². The van der Waals surface area contributed by atoms with Crippen molar-refractivity contribution in [2.24, 2.45) is 0 Å². The average molecular weight is 544 g/mol. The fourth-order valence-electron chi connectivity index (χ4n) is 7.12. The smallest absolute Gasteiger partial charge is 0.258 e. The summed E-state index contributed by atoms with van der Waals surface area (Å²) in [7, 11) is -2.15. The van der Waals surface area contributed by atoms with Crippen LogP contribution in [0.4, 0.5) is 4.39 Å². The van der Waals surface area contributed by atoms with E-state index >= 15 is 0 Å². The van der Waals surface area contributed by atoms with Crippen molar-refractivity contribution in [1.82, 2.24) is 4.90 Å². The molecule has 2 aliphatic heterocycles. The molecule has 0 aromatic heterocycles. The van der Waals surface area contributed by atoms with Crippen LogP contribution in [0.15, 0.2) is 30.3 Å². The van der Waals surface area contributed by atoms with Crippen LogP contribution in [0.3, 0.4) is 0 Å². The summed E-state index contributed by atoms with van der Waals surface area (Å²) in [6.07, 6.45) is 0.349. The molecule has 2 atom stereocenters. The quantitative estimate of drug-likeness (QED) is 0.377. The van der Waals surface area contributed by atoms with E-state index in [1.165, 1.54) is 12.1 Å². The van der Waals surface area contributed by atoms with Crippen molar-refractivity contribution in [3.63, 3.8) is 0 Å². The van der Waals surface area contributed by atoms with E-state index in [-0.39, 0.29) is 11.9 Å². The predicted octanol–water partition coefficient (Wildman–Crippen LogP) is 6.77. The first-order valence-corrected chi connectivity index (χ1v) is 16.3. The van der Waals surface area contributed by atoms with E-state index in [1.54, 1.807) is 12.1 Å². The molecule has 1 fully saturated rings. The van der Waals surface area contributed by atoms with Gasteiger partial charge in [-0.25, -0.2) is 4.39 Å². The molecular formula is C31H46FNO4Si. The number of benzene rings is 2. The minimum absolute atomic E-state index is 0.193. The first-order valence-electron chi connectivity index (χ1n) is 14.2. The molecule has 2 heterocycles. The first kappa shape index (κ1) is 29.1. The Hall–Kier alpha value is -1.93. The number of rotatable bonds is 7. The summed E-state index contributed by atoms with van der Waals surface area (Å²) >= 11 is 0. The zero-order chi connectivity index (χ0) is 28.0. The second kappa shape index (κ2) is 10.9. The van der Waals surface area contributed by atoms with Gasteiger partial charge in [-0.15, -0.1) is 0 Å². The maximum Gasteiger partial charge on any atom is 0.258 e. The summed E-state index contributed by atoms with van der Waals surface area (Å²) in [6.45, 7) is 19.5. The molecule has 2 aromatic rings. The van der Waals surface area contributed by atoms with Gasteiger partial charge in [0.2, 0.25) is 0 Å². The highest BCUT2D eigenvalue weighted by Crippen LogP contribution is 2.48. The minimum atomic E-state index is -2.15. The second-order valence-corrected chi connectivity index (χ2v) is 17.8. The Morgan fingerprint density at radius 3 is 2.08 bits per heavy atom. The monoisotopic (exact) mass is 543 g/mol. The summed E-state index contributed by atoms with van der Waals surface area (Å²) < 4.78 is 26.8. The lowest BCUT2D eigenvalue weighted by Gasteiger charge is -2.45. The number of halogens is 1. The largest absolute Gasteiger partial charge is 0.542 e. The summed E-state index contributed by atoms with van der Waals surface area (Å²) in [5.74, 6) is 1.36. The van der Waals surface area contributed by atoms with Crippen LogP contribution in [-0.2, 0) is 5.60 Å². The van der Waals surface area contributed by atoms with Crippen LogP contribution in [0.25, 0.3) is 0 Å². The molecule has 2 aromatic carbocycles. The van der Waals surface area contributed by atoms with E-state index in [4.69, 9.17) is 9.16 Å². The molecule has 0 aliphatic carbocycles. The van der Waals surface area contributed by atoms with Gasteiger partial charge in [-0.1, -0.05) is 53.7 Å². The minimum Gasteiger partial charge on any atom is -0.542 e. The molecule has 38 heavy (non-hydrogen) atoms. The number of likely N-dealkylation sites (tertiary alicyclic amines) is 1.